The third kappa shape index (κ3) is 6.12. The van der Waals surface area contributed by atoms with Gasteiger partial charge in [0.05, 0.1) is 10.9 Å². The summed E-state index contributed by atoms with van der Waals surface area (Å²) in [6.07, 6.45) is 0. The average Bonchev–Trinajstić information content (AvgIpc) is 2.58. The zero-order valence-electron chi connectivity index (χ0n) is 12.7. The molecule has 6 heteroatoms. The quantitative estimate of drug-likeness (QED) is 0.387. The van der Waals surface area contributed by atoms with E-state index in [2.05, 4.69) is 91.0 Å². The van der Waals surface area contributed by atoms with Gasteiger partial charge in [0.1, 0.15) is 0 Å². The smallest absolute Gasteiger partial charge is 0.762 e. The molecule has 0 saturated carbocycles. The van der Waals surface area contributed by atoms with Crippen molar-refractivity contribution in [1.82, 2.24) is 0 Å². The highest BCUT2D eigenvalue weighted by Gasteiger charge is 2.27. The van der Waals surface area contributed by atoms with E-state index in [9.17, 15) is 12.9 Å². The molecule has 0 saturated heterocycles. The van der Waals surface area contributed by atoms with Crippen LogP contribution in [0.1, 0.15) is 0 Å². The van der Waals surface area contributed by atoms with Gasteiger partial charge in [-0.15, -0.1) is 0 Å². The second-order valence-corrected chi connectivity index (χ2v) is 6.52. The van der Waals surface area contributed by atoms with E-state index in [0.717, 1.165) is 0 Å². The van der Waals surface area contributed by atoms with Crippen LogP contribution in [0, 0.1) is 0 Å². The fraction of sp³-hybridized carbons (Fsp3) is 0. The van der Waals surface area contributed by atoms with Crippen molar-refractivity contribution in [3.63, 3.8) is 0 Å². The summed E-state index contributed by atoms with van der Waals surface area (Å²) in [4.78, 5) is 4.08. The van der Waals surface area contributed by atoms with E-state index in [1.165, 1.54) is 14.7 Å². The molecule has 3 rings (SSSR count). The van der Waals surface area contributed by atoms with Crippen molar-refractivity contribution in [2.45, 2.75) is 14.7 Å². The maximum absolute atomic E-state index is 9.67. The van der Waals surface area contributed by atoms with Gasteiger partial charge in [-0.25, -0.2) is 0 Å². The molecule has 0 bridgehead atoms. The van der Waals surface area contributed by atoms with Crippen molar-refractivity contribution in [2.75, 3.05) is 0 Å². The minimum absolute atomic E-state index is 0. The first-order valence-electron chi connectivity index (χ1n) is 7.00. The van der Waals surface area contributed by atoms with Crippen molar-refractivity contribution in [2.24, 2.45) is 0 Å². The summed E-state index contributed by atoms with van der Waals surface area (Å²) < 4.78 is 29.0. The van der Waals surface area contributed by atoms with E-state index in [1.807, 2.05) is 0 Å². The Morgan fingerprint density at radius 3 is 0.917 bits per heavy atom. The van der Waals surface area contributed by atoms with Gasteiger partial charge in [-0.05, 0) is 36.4 Å². The van der Waals surface area contributed by atoms with Crippen LogP contribution in [0.25, 0.3) is 0 Å². The lowest BCUT2D eigenvalue weighted by molar-refractivity contribution is -0.00000734. The Balaban J connectivity index is 0.000000522. The molecule has 0 amide bonds. The molecular weight excluding hydrogens is 335 g/mol. The minimum Gasteiger partial charge on any atom is -1.00 e. The average molecular weight is 350 g/mol. The van der Waals surface area contributed by atoms with Crippen LogP contribution >= 0.6 is 0 Å². The fourth-order valence-corrected chi connectivity index (χ4v) is 4.18. The van der Waals surface area contributed by atoms with Crippen molar-refractivity contribution >= 4 is 18.4 Å². The molecule has 0 radical (unpaired) electrons. The van der Waals surface area contributed by atoms with Gasteiger partial charge >= 0.3 is 7.54 Å². The molecule has 0 atom stereocenters. The van der Waals surface area contributed by atoms with E-state index in [-0.39, 0.29) is 15.6 Å². The van der Waals surface area contributed by atoms with Crippen LogP contribution in [-0.2, 0) is 10.9 Å². The van der Waals surface area contributed by atoms with Gasteiger partial charge in [-0.1, -0.05) is 54.6 Å². The Kier molecular flexibility index (Phi) is 8.72. The van der Waals surface area contributed by atoms with Gasteiger partial charge in [0.2, 0.25) is 0 Å². The summed E-state index contributed by atoms with van der Waals surface area (Å²) in [5.41, 5.74) is 0. The highest BCUT2D eigenvalue weighted by Crippen LogP contribution is 2.30. The van der Waals surface area contributed by atoms with E-state index in [4.69, 9.17) is 0 Å². The lowest BCUT2D eigenvalue weighted by Crippen LogP contribution is -3.00. The molecule has 0 aliphatic heterocycles. The maximum Gasteiger partial charge on any atom is 0.762 e. The molecule has 0 heterocycles. The number of benzene rings is 3. The minimum atomic E-state index is -3.67. The van der Waals surface area contributed by atoms with Crippen LogP contribution in [0.2, 0.25) is 0 Å². The second kappa shape index (κ2) is 10.5. The monoisotopic (exact) mass is 350 g/mol. The van der Waals surface area contributed by atoms with Crippen LogP contribution in [0.15, 0.2) is 106 Å². The predicted octanol–water partition coefficient (Wildman–Crippen LogP) is 2.67. The molecule has 124 valence electrons. The predicted molar refractivity (Wildman–Crippen MR) is 90.6 cm³/mol. The normalized spacial score (nSPS) is 9.50. The summed E-state index contributed by atoms with van der Waals surface area (Å²) in [5, 5.41) is 0. The standard InChI is InChI=1S/C18H15S.BF3.FH/c1-4-10-16(11-5-1)19(17-12-6-2-7-13-17)18-14-8-3-9-15-18;2-1(3)4;/h1-15H;;1H/q+1;;/p-1. The number of hydrogen-bond acceptors (Lipinski definition) is 0. The zero-order chi connectivity index (χ0) is 16.5. The van der Waals surface area contributed by atoms with Gasteiger partial charge in [0.15, 0.2) is 14.7 Å². The molecule has 0 aliphatic carbocycles. The SMILES string of the molecule is FB(F)F.[F-].c1ccc([S+](c2ccccc2)c2ccccc2)cc1. The number of hydrogen-bond donors (Lipinski definition) is 0. The topological polar surface area (TPSA) is 0 Å². The summed E-state index contributed by atoms with van der Waals surface area (Å²) in [7, 11) is -3.68. The zero-order valence-corrected chi connectivity index (χ0v) is 13.5. The van der Waals surface area contributed by atoms with Gasteiger partial charge < -0.3 is 4.70 Å². The van der Waals surface area contributed by atoms with Crippen LogP contribution < -0.4 is 4.70 Å². The lowest BCUT2D eigenvalue weighted by Gasteiger charge is -2.07. The molecule has 3 aromatic carbocycles. The molecule has 0 N–H and O–H groups in total. The molecule has 0 aliphatic rings. The Morgan fingerprint density at radius 2 is 0.708 bits per heavy atom. The Hall–Kier alpha value is -2.21. The van der Waals surface area contributed by atoms with Crippen molar-refractivity contribution in [1.29, 1.82) is 0 Å². The third-order valence-corrected chi connectivity index (χ3v) is 5.17. The Bertz CT molecular complexity index is 584. The molecule has 0 fully saturated rings. The second-order valence-electron chi connectivity index (χ2n) is 4.49. The first kappa shape index (κ1) is 19.8. The van der Waals surface area contributed by atoms with Gasteiger partial charge in [0, 0.05) is 0 Å². The molecule has 0 spiro atoms. The van der Waals surface area contributed by atoms with Crippen molar-refractivity contribution < 1.29 is 17.7 Å². The molecular formula is C18H15BF4S. The Labute approximate surface area is 142 Å². The van der Waals surface area contributed by atoms with Gasteiger partial charge in [0.25, 0.3) is 0 Å². The van der Waals surface area contributed by atoms with Crippen molar-refractivity contribution in [3.8, 4) is 0 Å². The molecule has 24 heavy (non-hydrogen) atoms. The first-order chi connectivity index (χ1) is 11.2. The van der Waals surface area contributed by atoms with Gasteiger partial charge in [-0.3, -0.25) is 12.9 Å². The highest BCUT2D eigenvalue weighted by molar-refractivity contribution is 7.97. The highest BCUT2D eigenvalue weighted by atomic mass is 32.2. The largest absolute Gasteiger partial charge is 1.00 e. The van der Waals surface area contributed by atoms with Crippen molar-refractivity contribution in [3.05, 3.63) is 91.0 Å². The molecule has 0 unspecified atom stereocenters. The summed E-state index contributed by atoms with van der Waals surface area (Å²) in [6, 6.07) is 32.2. The summed E-state index contributed by atoms with van der Waals surface area (Å²) in [6.45, 7) is 0. The first-order valence-corrected chi connectivity index (χ1v) is 8.22. The van der Waals surface area contributed by atoms with Crippen LogP contribution in [-0.4, -0.2) is 7.54 Å². The third-order valence-electron chi connectivity index (χ3n) is 2.94. The van der Waals surface area contributed by atoms with Gasteiger partial charge in [-0.2, -0.15) is 0 Å². The maximum atomic E-state index is 9.67. The van der Waals surface area contributed by atoms with E-state index in [0.29, 0.717) is 0 Å². The van der Waals surface area contributed by atoms with Crippen LogP contribution in [0.5, 0.6) is 0 Å². The molecule has 0 aromatic heterocycles. The molecule has 3 aromatic rings. The van der Waals surface area contributed by atoms with E-state index < -0.39 is 7.54 Å². The number of halogens is 4. The fourth-order valence-electron chi connectivity index (χ4n) is 2.08. The lowest BCUT2D eigenvalue weighted by atomic mass is 10.4. The summed E-state index contributed by atoms with van der Waals surface area (Å²) >= 11 is 0. The number of rotatable bonds is 3. The Morgan fingerprint density at radius 1 is 0.500 bits per heavy atom. The summed E-state index contributed by atoms with van der Waals surface area (Å²) in [5.74, 6) is 0. The molecule has 0 nitrogen and oxygen atoms in total. The van der Waals surface area contributed by atoms with Crippen LogP contribution in [0.3, 0.4) is 0 Å². The van der Waals surface area contributed by atoms with E-state index in [1.54, 1.807) is 0 Å². The van der Waals surface area contributed by atoms with Crippen LogP contribution in [0.4, 0.5) is 12.9 Å². The van der Waals surface area contributed by atoms with E-state index >= 15 is 0 Å².